The molecule has 0 N–H and O–H groups in total. The molecule has 0 heterocycles. The summed E-state index contributed by atoms with van der Waals surface area (Å²) in [5, 5.41) is 0. The molecular formula is C22H30NO3+. The fourth-order valence-electron chi connectivity index (χ4n) is 2.67. The Labute approximate surface area is 157 Å². The van der Waals surface area contributed by atoms with Gasteiger partial charge in [-0.1, -0.05) is 24.3 Å². The Balaban J connectivity index is 2.34. The average Bonchev–Trinajstić information content (AvgIpc) is 2.64. The largest absolute Gasteiger partial charge is 0.497 e. The second-order valence-corrected chi connectivity index (χ2v) is 7.28. The number of rotatable bonds is 8. The number of hydrogen-bond acceptors (Lipinski definition) is 3. The summed E-state index contributed by atoms with van der Waals surface area (Å²) >= 11 is 0. The molecule has 4 nitrogen and oxygen atoms in total. The lowest BCUT2D eigenvalue weighted by molar-refractivity contribution is -0.870. The van der Waals surface area contributed by atoms with Crippen molar-refractivity contribution < 1.29 is 18.7 Å². The first-order valence-electron chi connectivity index (χ1n) is 8.74. The summed E-state index contributed by atoms with van der Waals surface area (Å²) in [4.78, 5) is 0. The molecule has 0 saturated carbocycles. The molecule has 0 radical (unpaired) electrons. The lowest BCUT2D eigenvalue weighted by Crippen LogP contribution is -2.36. The third-order valence-corrected chi connectivity index (χ3v) is 4.27. The highest BCUT2D eigenvalue weighted by Gasteiger charge is 2.13. The van der Waals surface area contributed by atoms with Crippen molar-refractivity contribution in [1.82, 2.24) is 0 Å². The second-order valence-electron chi connectivity index (χ2n) is 7.28. The van der Waals surface area contributed by atoms with E-state index in [-0.39, 0.29) is 0 Å². The van der Waals surface area contributed by atoms with Crippen LogP contribution in [-0.4, -0.2) is 53.5 Å². The van der Waals surface area contributed by atoms with E-state index in [2.05, 4.69) is 39.4 Å². The van der Waals surface area contributed by atoms with Crippen molar-refractivity contribution in [2.45, 2.75) is 6.42 Å². The molecule has 0 saturated heterocycles. The maximum atomic E-state index is 5.48. The Morgan fingerprint density at radius 1 is 0.808 bits per heavy atom. The van der Waals surface area contributed by atoms with Crippen LogP contribution in [0.25, 0.3) is 12.2 Å². The van der Waals surface area contributed by atoms with Crippen LogP contribution < -0.4 is 14.2 Å². The molecule has 0 bridgehead atoms. The normalized spacial score (nSPS) is 11.6. The van der Waals surface area contributed by atoms with Crippen LogP contribution >= 0.6 is 0 Å². The summed E-state index contributed by atoms with van der Waals surface area (Å²) in [5.74, 6) is 2.37. The van der Waals surface area contributed by atoms with E-state index in [1.807, 2.05) is 30.3 Å². The first-order chi connectivity index (χ1) is 12.4. The van der Waals surface area contributed by atoms with Crippen molar-refractivity contribution in [3.05, 3.63) is 53.1 Å². The minimum atomic E-state index is 0.746. The van der Waals surface area contributed by atoms with Gasteiger partial charge in [-0.3, -0.25) is 0 Å². The van der Waals surface area contributed by atoms with E-state index in [1.54, 1.807) is 21.3 Å². The average molecular weight is 356 g/mol. The van der Waals surface area contributed by atoms with E-state index in [4.69, 9.17) is 14.2 Å². The Morgan fingerprint density at radius 2 is 1.42 bits per heavy atom. The lowest BCUT2D eigenvalue weighted by atomic mass is 10.0. The van der Waals surface area contributed by atoms with Crippen molar-refractivity contribution in [3.8, 4) is 17.2 Å². The maximum absolute atomic E-state index is 5.48. The van der Waals surface area contributed by atoms with E-state index in [1.165, 1.54) is 5.56 Å². The number of quaternary nitrogens is 1. The van der Waals surface area contributed by atoms with Gasteiger partial charge in [-0.05, 0) is 41.0 Å². The monoisotopic (exact) mass is 356 g/mol. The molecule has 140 valence electrons. The molecule has 2 rings (SSSR count). The van der Waals surface area contributed by atoms with Crippen LogP contribution in [0.1, 0.15) is 16.7 Å². The second kappa shape index (κ2) is 8.77. The van der Waals surface area contributed by atoms with Gasteiger partial charge >= 0.3 is 0 Å². The smallest absolute Gasteiger partial charge is 0.161 e. The van der Waals surface area contributed by atoms with Crippen molar-refractivity contribution in [2.75, 3.05) is 49.0 Å². The number of ether oxygens (including phenoxy) is 3. The molecule has 2 aromatic carbocycles. The molecule has 0 aliphatic rings. The first kappa shape index (κ1) is 19.9. The van der Waals surface area contributed by atoms with Crippen LogP contribution in [0.4, 0.5) is 0 Å². The van der Waals surface area contributed by atoms with Gasteiger partial charge in [0, 0.05) is 6.42 Å². The minimum Gasteiger partial charge on any atom is -0.497 e. The number of likely N-dealkylation sites (N-methyl/N-ethyl adjacent to an activating group) is 1. The van der Waals surface area contributed by atoms with Gasteiger partial charge < -0.3 is 18.7 Å². The fourth-order valence-corrected chi connectivity index (χ4v) is 2.67. The van der Waals surface area contributed by atoms with Crippen molar-refractivity contribution >= 4 is 12.2 Å². The molecule has 0 atom stereocenters. The van der Waals surface area contributed by atoms with Gasteiger partial charge in [0.2, 0.25) is 0 Å². The van der Waals surface area contributed by atoms with E-state index in [9.17, 15) is 0 Å². The van der Waals surface area contributed by atoms with Crippen molar-refractivity contribution in [1.29, 1.82) is 0 Å². The summed E-state index contributed by atoms with van der Waals surface area (Å²) in [5.41, 5.74) is 3.52. The molecule has 0 fully saturated rings. The zero-order chi connectivity index (χ0) is 19.2. The number of methoxy groups -OCH3 is 3. The van der Waals surface area contributed by atoms with Gasteiger partial charge in [-0.25, -0.2) is 0 Å². The van der Waals surface area contributed by atoms with Crippen LogP contribution in [0.2, 0.25) is 0 Å². The van der Waals surface area contributed by atoms with Crippen molar-refractivity contribution in [3.63, 3.8) is 0 Å². The fraction of sp³-hybridized carbons (Fsp3) is 0.364. The Kier molecular flexibility index (Phi) is 6.70. The Hall–Kier alpha value is -2.46. The van der Waals surface area contributed by atoms with Crippen molar-refractivity contribution in [2.24, 2.45) is 0 Å². The summed E-state index contributed by atoms with van der Waals surface area (Å²) in [7, 11) is 11.6. The molecule has 0 amide bonds. The molecule has 0 aliphatic heterocycles. The molecule has 2 aromatic rings. The highest BCUT2D eigenvalue weighted by molar-refractivity contribution is 5.73. The molecule has 0 unspecified atom stereocenters. The predicted molar refractivity (Wildman–Crippen MR) is 108 cm³/mol. The van der Waals surface area contributed by atoms with Gasteiger partial charge in [0.05, 0.1) is 49.0 Å². The summed E-state index contributed by atoms with van der Waals surface area (Å²) < 4.78 is 17.1. The van der Waals surface area contributed by atoms with E-state index in [0.29, 0.717) is 0 Å². The lowest BCUT2D eigenvalue weighted by Gasteiger charge is -2.24. The van der Waals surface area contributed by atoms with Crippen LogP contribution in [0.5, 0.6) is 17.2 Å². The van der Waals surface area contributed by atoms with E-state index >= 15 is 0 Å². The van der Waals surface area contributed by atoms with Crippen LogP contribution in [0, 0.1) is 0 Å². The van der Waals surface area contributed by atoms with Gasteiger partial charge in [-0.15, -0.1) is 0 Å². The third kappa shape index (κ3) is 5.53. The summed E-state index contributed by atoms with van der Waals surface area (Å²) in [6, 6.07) is 12.1. The predicted octanol–water partition coefficient (Wildman–Crippen LogP) is 4.13. The van der Waals surface area contributed by atoms with E-state index in [0.717, 1.165) is 45.8 Å². The van der Waals surface area contributed by atoms with Crippen LogP contribution in [0.3, 0.4) is 0 Å². The highest BCUT2D eigenvalue weighted by Crippen LogP contribution is 2.32. The minimum absolute atomic E-state index is 0.746. The Bertz CT molecular complexity index is 743. The first-order valence-corrected chi connectivity index (χ1v) is 8.74. The molecule has 26 heavy (non-hydrogen) atoms. The zero-order valence-electron chi connectivity index (χ0n) is 16.7. The number of benzene rings is 2. The summed E-state index contributed by atoms with van der Waals surface area (Å²) in [6.45, 7) is 1.04. The van der Waals surface area contributed by atoms with Crippen LogP contribution in [-0.2, 0) is 6.42 Å². The zero-order valence-corrected chi connectivity index (χ0v) is 16.7. The molecule has 0 spiro atoms. The quantitative estimate of drug-likeness (QED) is 0.526. The Morgan fingerprint density at radius 3 is 1.96 bits per heavy atom. The number of hydrogen-bond donors (Lipinski definition) is 0. The SMILES string of the molecule is COc1ccc(/C=C\c2cc(OC)c(OC)cc2CC[N+](C)(C)C)cc1. The molecule has 4 heteroatoms. The molecule has 0 aliphatic carbocycles. The van der Waals surface area contributed by atoms with Gasteiger partial charge in [0.15, 0.2) is 11.5 Å². The standard InChI is InChI=1S/C22H30NO3/c1-23(2,3)14-13-19-16-22(26-6)21(25-5)15-18(19)10-7-17-8-11-20(24-4)12-9-17/h7-12,15-16H,13-14H2,1-6H3/q+1/b10-7-. The highest BCUT2D eigenvalue weighted by atomic mass is 16.5. The van der Waals surface area contributed by atoms with Crippen LogP contribution in [0.15, 0.2) is 36.4 Å². The van der Waals surface area contributed by atoms with Gasteiger partial charge in [-0.2, -0.15) is 0 Å². The molecule has 0 aromatic heterocycles. The topological polar surface area (TPSA) is 27.7 Å². The van der Waals surface area contributed by atoms with E-state index < -0.39 is 0 Å². The third-order valence-electron chi connectivity index (χ3n) is 4.27. The van der Waals surface area contributed by atoms with Gasteiger partial charge in [0.25, 0.3) is 0 Å². The summed E-state index contributed by atoms with van der Waals surface area (Å²) in [6.07, 6.45) is 5.21. The van der Waals surface area contributed by atoms with Gasteiger partial charge in [0.1, 0.15) is 5.75 Å². The maximum Gasteiger partial charge on any atom is 0.161 e. The molecular weight excluding hydrogens is 326 g/mol. The number of nitrogens with zero attached hydrogens (tertiary/aromatic N) is 1.